The third-order valence-corrected chi connectivity index (χ3v) is 5.07. The van der Waals surface area contributed by atoms with Gasteiger partial charge in [-0.3, -0.25) is 20.2 Å². The van der Waals surface area contributed by atoms with Crippen LogP contribution in [0.3, 0.4) is 0 Å². The van der Waals surface area contributed by atoms with Crippen LogP contribution in [0.5, 0.6) is 11.5 Å². The minimum atomic E-state index is -0.967. The predicted molar refractivity (Wildman–Crippen MR) is 114 cm³/mol. The first-order chi connectivity index (χ1) is 15.8. The lowest BCUT2D eigenvalue weighted by atomic mass is 10.00. The van der Waals surface area contributed by atoms with Gasteiger partial charge in [-0.2, -0.15) is 0 Å². The van der Waals surface area contributed by atoms with Crippen LogP contribution in [0.2, 0.25) is 0 Å². The zero-order chi connectivity index (χ0) is 24.0. The molecular formula is C20H21N5O8. The van der Waals surface area contributed by atoms with E-state index in [1.54, 1.807) is 26.2 Å². The molecule has 2 aromatic rings. The molecule has 1 fully saturated rings. The van der Waals surface area contributed by atoms with E-state index in [2.05, 4.69) is 10.0 Å². The Morgan fingerprint density at radius 1 is 1.18 bits per heavy atom. The fourth-order valence-electron chi connectivity index (χ4n) is 3.41. The molecule has 0 saturated carbocycles. The lowest BCUT2D eigenvalue weighted by Gasteiger charge is -2.38. The highest BCUT2D eigenvalue weighted by atomic mass is 16.7. The van der Waals surface area contributed by atoms with Crippen molar-refractivity contribution in [2.24, 2.45) is 5.11 Å². The van der Waals surface area contributed by atoms with Crippen molar-refractivity contribution in [2.45, 2.75) is 44.5 Å². The van der Waals surface area contributed by atoms with Gasteiger partial charge in [-0.25, -0.2) is 0 Å². The van der Waals surface area contributed by atoms with Gasteiger partial charge in [0, 0.05) is 17.4 Å². The molecule has 174 valence electrons. The first-order valence-corrected chi connectivity index (χ1v) is 9.86. The van der Waals surface area contributed by atoms with Crippen LogP contribution in [0.4, 0.5) is 11.4 Å². The van der Waals surface area contributed by atoms with Crippen LogP contribution in [0.25, 0.3) is 10.4 Å². The Hall–Kier alpha value is -3.93. The quantitative estimate of drug-likeness (QED) is 0.175. The summed E-state index contributed by atoms with van der Waals surface area (Å²) in [5.74, 6) is 0.516. The van der Waals surface area contributed by atoms with E-state index in [0.29, 0.717) is 5.75 Å². The van der Waals surface area contributed by atoms with E-state index in [0.717, 1.165) is 23.8 Å². The highest BCUT2D eigenvalue weighted by Crippen LogP contribution is 2.34. The minimum Gasteiger partial charge on any atom is -0.497 e. The van der Waals surface area contributed by atoms with Crippen molar-refractivity contribution in [3.63, 3.8) is 0 Å². The van der Waals surface area contributed by atoms with E-state index in [1.807, 2.05) is 12.1 Å². The second-order valence-corrected chi connectivity index (χ2v) is 7.18. The molecule has 3 rings (SSSR count). The normalized spacial score (nSPS) is 22.1. The van der Waals surface area contributed by atoms with Crippen LogP contribution in [0.1, 0.15) is 18.9 Å². The molecule has 13 heteroatoms. The fraction of sp³-hybridized carbons (Fsp3) is 0.400. The number of azide groups is 1. The molecule has 0 radical (unpaired) electrons. The number of non-ortho nitro benzene ring substituents is 1. The molecule has 0 bridgehead atoms. The van der Waals surface area contributed by atoms with Gasteiger partial charge in [0.2, 0.25) is 12.0 Å². The zero-order valence-electron chi connectivity index (χ0n) is 17.8. The maximum absolute atomic E-state index is 11.4. The third-order valence-electron chi connectivity index (χ3n) is 5.07. The Labute approximate surface area is 187 Å². The molecule has 0 aliphatic carbocycles. The summed E-state index contributed by atoms with van der Waals surface area (Å²) in [4.78, 5) is 23.7. The maximum atomic E-state index is 11.4. The second-order valence-electron chi connectivity index (χ2n) is 7.18. The van der Waals surface area contributed by atoms with Gasteiger partial charge < -0.3 is 18.9 Å². The topological polar surface area (TPSA) is 172 Å². The van der Waals surface area contributed by atoms with E-state index < -0.39 is 45.8 Å². The Balaban J connectivity index is 1.76. The van der Waals surface area contributed by atoms with Crippen LogP contribution in [0, 0.1) is 20.2 Å². The SMILES string of the molecule is COc1ccc(CO[C@@H]2C[C@H](Oc3ccc([N+](=O)[O-])cc3[N+](=O)[O-])O[C@H](C)[C@H]2N=[N+]=[N-])cc1. The molecule has 1 heterocycles. The monoisotopic (exact) mass is 459 g/mol. The standard InChI is InChI=1S/C20H21N5O8/c1-12-20(22-23-21)18(31-11-13-3-6-15(30-2)7-4-13)10-19(32-12)33-17-8-5-14(24(26)27)9-16(17)25(28)29/h3-9,12,18-20H,10-11H2,1-2H3/t12-,18-,19+,20-/m1/s1. The van der Waals surface area contributed by atoms with E-state index in [9.17, 15) is 20.2 Å². The van der Waals surface area contributed by atoms with Crippen molar-refractivity contribution >= 4 is 11.4 Å². The summed E-state index contributed by atoms with van der Waals surface area (Å²) in [6.07, 6.45) is -2.07. The number of hydrogen-bond acceptors (Lipinski definition) is 9. The van der Waals surface area contributed by atoms with Crippen molar-refractivity contribution in [1.29, 1.82) is 0 Å². The highest BCUT2D eigenvalue weighted by Gasteiger charge is 2.38. The smallest absolute Gasteiger partial charge is 0.317 e. The zero-order valence-corrected chi connectivity index (χ0v) is 17.8. The summed E-state index contributed by atoms with van der Waals surface area (Å²) in [6.45, 7) is 1.88. The van der Waals surface area contributed by atoms with Crippen molar-refractivity contribution in [1.82, 2.24) is 0 Å². The highest BCUT2D eigenvalue weighted by molar-refractivity contribution is 5.53. The molecule has 0 aromatic heterocycles. The average Bonchev–Trinajstić information content (AvgIpc) is 2.80. The molecule has 1 aliphatic rings. The molecule has 0 spiro atoms. The molecule has 13 nitrogen and oxygen atoms in total. The van der Waals surface area contributed by atoms with Crippen LogP contribution in [-0.4, -0.2) is 41.5 Å². The van der Waals surface area contributed by atoms with Gasteiger partial charge in [-0.15, -0.1) is 0 Å². The lowest BCUT2D eigenvalue weighted by molar-refractivity contribution is -0.395. The van der Waals surface area contributed by atoms with Crippen molar-refractivity contribution in [3.05, 3.63) is 78.7 Å². The van der Waals surface area contributed by atoms with E-state index in [-0.39, 0.29) is 18.8 Å². The van der Waals surface area contributed by atoms with E-state index in [1.165, 1.54) is 0 Å². The summed E-state index contributed by atoms with van der Waals surface area (Å²) in [5, 5.41) is 26.1. The Morgan fingerprint density at radius 2 is 1.91 bits per heavy atom. The van der Waals surface area contributed by atoms with Crippen LogP contribution < -0.4 is 9.47 Å². The number of ether oxygens (including phenoxy) is 4. The van der Waals surface area contributed by atoms with Crippen LogP contribution in [0.15, 0.2) is 47.6 Å². The first-order valence-electron chi connectivity index (χ1n) is 9.86. The number of nitro benzene ring substituents is 2. The molecule has 1 aliphatic heterocycles. The van der Waals surface area contributed by atoms with E-state index in [4.69, 9.17) is 24.5 Å². The summed E-state index contributed by atoms with van der Waals surface area (Å²) in [5.41, 5.74) is 8.80. The summed E-state index contributed by atoms with van der Waals surface area (Å²) >= 11 is 0. The van der Waals surface area contributed by atoms with Crippen molar-refractivity contribution in [2.75, 3.05) is 7.11 Å². The Kier molecular flexibility index (Phi) is 7.61. The molecular weight excluding hydrogens is 438 g/mol. The molecule has 1 saturated heterocycles. The van der Waals surface area contributed by atoms with Gasteiger partial charge in [0.15, 0.2) is 0 Å². The second kappa shape index (κ2) is 10.6. The predicted octanol–water partition coefficient (Wildman–Crippen LogP) is 4.29. The third kappa shape index (κ3) is 5.86. The molecule has 2 aromatic carbocycles. The molecule has 0 amide bonds. The van der Waals surface area contributed by atoms with Crippen molar-refractivity contribution in [3.8, 4) is 11.5 Å². The summed E-state index contributed by atoms with van der Waals surface area (Å²) in [7, 11) is 1.56. The summed E-state index contributed by atoms with van der Waals surface area (Å²) in [6, 6.07) is 9.66. The fourth-order valence-corrected chi connectivity index (χ4v) is 3.41. The van der Waals surface area contributed by atoms with Gasteiger partial charge in [0.1, 0.15) is 5.75 Å². The van der Waals surface area contributed by atoms with Crippen LogP contribution >= 0.6 is 0 Å². The Morgan fingerprint density at radius 3 is 2.52 bits per heavy atom. The number of nitro groups is 2. The van der Waals surface area contributed by atoms with Gasteiger partial charge in [-0.1, -0.05) is 17.2 Å². The minimum absolute atomic E-state index is 0.109. The lowest BCUT2D eigenvalue weighted by Crippen LogP contribution is -2.48. The van der Waals surface area contributed by atoms with Gasteiger partial charge in [-0.05, 0) is 36.2 Å². The molecule has 4 atom stereocenters. The van der Waals surface area contributed by atoms with Gasteiger partial charge in [0.25, 0.3) is 5.69 Å². The number of rotatable bonds is 9. The molecule has 0 N–H and O–H groups in total. The molecule has 0 unspecified atom stereocenters. The number of benzene rings is 2. The number of hydrogen-bond donors (Lipinski definition) is 0. The number of nitrogens with zero attached hydrogens (tertiary/aromatic N) is 5. The largest absolute Gasteiger partial charge is 0.497 e. The van der Waals surface area contributed by atoms with Crippen LogP contribution in [-0.2, 0) is 16.1 Å². The van der Waals surface area contributed by atoms with Gasteiger partial charge in [0.05, 0.1) is 47.9 Å². The summed E-state index contributed by atoms with van der Waals surface area (Å²) < 4.78 is 22.5. The average molecular weight is 459 g/mol. The maximum Gasteiger partial charge on any atom is 0.317 e. The Bertz CT molecular complexity index is 1060. The number of methoxy groups -OCH3 is 1. The molecule has 33 heavy (non-hydrogen) atoms. The van der Waals surface area contributed by atoms with Gasteiger partial charge >= 0.3 is 5.69 Å². The first kappa shape index (κ1) is 23.7. The van der Waals surface area contributed by atoms with E-state index >= 15 is 0 Å². The van der Waals surface area contributed by atoms with Crippen molar-refractivity contribution < 1.29 is 28.8 Å².